The second-order valence-electron chi connectivity index (χ2n) is 6.15. The van der Waals surface area contributed by atoms with Crippen molar-refractivity contribution < 1.29 is 14.3 Å². The van der Waals surface area contributed by atoms with Crippen molar-refractivity contribution >= 4 is 23.6 Å². The van der Waals surface area contributed by atoms with E-state index in [0.29, 0.717) is 18.2 Å². The molecule has 0 saturated heterocycles. The average Bonchev–Trinajstić information content (AvgIpc) is 3.19. The van der Waals surface area contributed by atoms with Crippen LogP contribution in [0.2, 0.25) is 0 Å². The van der Waals surface area contributed by atoms with E-state index in [1.165, 1.54) is 26.4 Å². The van der Waals surface area contributed by atoms with Gasteiger partial charge in [-0.05, 0) is 36.9 Å². The van der Waals surface area contributed by atoms with Crippen molar-refractivity contribution in [3.05, 3.63) is 0 Å². The van der Waals surface area contributed by atoms with Crippen LogP contribution in [-0.4, -0.2) is 36.5 Å². The summed E-state index contributed by atoms with van der Waals surface area (Å²) in [6.07, 6.45) is 8.70. The van der Waals surface area contributed by atoms with Gasteiger partial charge in [0.15, 0.2) is 0 Å². The maximum absolute atomic E-state index is 11.9. The third-order valence-electron chi connectivity index (χ3n) is 4.32. The van der Waals surface area contributed by atoms with E-state index in [-0.39, 0.29) is 17.3 Å². The standard InChI is InChI=1S/C15H25NO3S/c1-19-14(18)9-15(7-8-15)11-20-10-13(17)16-12-5-3-2-4-6-12/h12H,2-11H2,1H3,(H,16,17). The summed E-state index contributed by atoms with van der Waals surface area (Å²) in [5.41, 5.74) is 0.114. The molecular formula is C15H25NO3S. The highest BCUT2D eigenvalue weighted by molar-refractivity contribution is 7.99. The highest BCUT2D eigenvalue weighted by atomic mass is 32.2. The molecule has 0 heterocycles. The zero-order valence-electron chi connectivity index (χ0n) is 12.3. The van der Waals surface area contributed by atoms with Crippen molar-refractivity contribution in [2.45, 2.75) is 57.4 Å². The Labute approximate surface area is 125 Å². The van der Waals surface area contributed by atoms with E-state index in [2.05, 4.69) is 5.32 Å². The molecule has 2 aliphatic rings. The molecule has 114 valence electrons. The van der Waals surface area contributed by atoms with Gasteiger partial charge in [0.2, 0.25) is 5.91 Å². The highest BCUT2D eigenvalue weighted by Gasteiger charge is 2.44. The van der Waals surface area contributed by atoms with Crippen LogP contribution in [-0.2, 0) is 14.3 Å². The van der Waals surface area contributed by atoms with Crippen LogP contribution < -0.4 is 5.32 Å². The Kier molecular flexibility index (Phi) is 5.75. The van der Waals surface area contributed by atoms with Crippen LogP contribution in [0.5, 0.6) is 0 Å². The summed E-state index contributed by atoms with van der Waals surface area (Å²) in [4.78, 5) is 23.2. The Hall–Kier alpha value is -0.710. The van der Waals surface area contributed by atoms with Gasteiger partial charge in [0.05, 0.1) is 19.3 Å². The minimum Gasteiger partial charge on any atom is -0.469 e. The Bertz CT molecular complexity index is 349. The predicted molar refractivity (Wildman–Crippen MR) is 80.6 cm³/mol. The lowest BCUT2D eigenvalue weighted by Gasteiger charge is -2.22. The largest absolute Gasteiger partial charge is 0.469 e. The van der Waals surface area contributed by atoms with E-state index >= 15 is 0 Å². The quantitative estimate of drug-likeness (QED) is 0.734. The lowest BCUT2D eigenvalue weighted by atomic mass is 9.95. The Morgan fingerprint density at radius 3 is 2.55 bits per heavy atom. The van der Waals surface area contributed by atoms with Crippen LogP contribution in [0, 0.1) is 5.41 Å². The molecule has 2 saturated carbocycles. The van der Waals surface area contributed by atoms with E-state index in [0.717, 1.165) is 31.4 Å². The van der Waals surface area contributed by atoms with Crippen LogP contribution in [0.1, 0.15) is 51.4 Å². The molecule has 5 heteroatoms. The number of hydrogen-bond acceptors (Lipinski definition) is 4. The lowest BCUT2D eigenvalue weighted by Crippen LogP contribution is -2.37. The molecule has 2 aliphatic carbocycles. The minimum absolute atomic E-state index is 0.114. The van der Waals surface area contributed by atoms with Gasteiger partial charge in [-0.3, -0.25) is 9.59 Å². The molecule has 4 nitrogen and oxygen atoms in total. The topological polar surface area (TPSA) is 55.4 Å². The van der Waals surface area contributed by atoms with Crippen molar-refractivity contribution in [2.75, 3.05) is 18.6 Å². The molecule has 0 aromatic carbocycles. The molecule has 0 bridgehead atoms. The molecule has 0 radical (unpaired) electrons. The molecule has 2 rings (SSSR count). The number of methoxy groups -OCH3 is 1. The normalized spacial score (nSPS) is 21.2. The van der Waals surface area contributed by atoms with Crippen molar-refractivity contribution in [1.82, 2.24) is 5.32 Å². The second-order valence-corrected chi connectivity index (χ2v) is 7.13. The maximum Gasteiger partial charge on any atom is 0.306 e. The number of thioether (sulfide) groups is 1. The molecule has 0 aromatic rings. The first-order valence-corrected chi connectivity index (χ1v) is 8.73. The van der Waals surface area contributed by atoms with E-state index < -0.39 is 0 Å². The van der Waals surface area contributed by atoms with Gasteiger partial charge in [0.25, 0.3) is 0 Å². The fraction of sp³-hybridized carbons (Fsp3) is 0.867. The molecule has 0 spiro atoms. The van der Waals surface area contributed by atoms with E-state index in [1.54, 1.807) is 11.8 Å². The van der Waals surface area contributed by atoms with Crippen LogP contribution in [0.3, 0.4) is 0 Å². The van der Waals surface area contributed by atoms with Gasteiger partial charge >= 0.3 is 5.97 Å². The first-order valence-electron chi connectivity index (χ1n) is 7.57. The van der Waals surface area contributed by atoms with E-state index in [4.69, 9.17) is 4.74 Å². The molecule has 0 unspecified atom stereocenters. The van der Waals surface area contributed by atoms with Gasteiger partial charge in [-0.15, -0.1) is 0 Å². The summed E-state index contributed by atoms with van der Waals surface area (Å²) in [6.45, 7) is 0. The number of carbonyl (C=O) groups is 2. The maximum atomic E-state index is 11.9. The first kappa shape index (κ1) is 15.7. The number of amides is 1. The van der Waals surface area contributed by atoms with Gasteiger partial charge < -0.3 is 10.1 Å². The summed E-state index contributed by atoms with van der Waals surface area (Å²) < 4.78 is 4.73. The molecule has 0 aliphatic heterocycles. The SMILES string of the molecule is COC(=O)CC1(CSCC(=O)NC2CCCCC2)CC1. The number of carbonyl (C=O) groups excluding carboxylic acids is 2. The fourth-order valence-corrected chi connectivity index (χ4v) is 4.00. The van der Waals surface area contributed by atoms with Crippen molar-refractivity contribution in [3.8, 4) is 0 Å². The fourth-order valence-electron chi connectivity index (χ4n) is 2.80. The second kappa shape index (κ2) is 7.34. The average molecular weight is 299 g/mol. The number of rotatable bonds is 7. The zero-order valence-corrected chi connectivity index (χ0v) is 13.1. The lowest BCUT2D eigenvalue weighted by molar-refractivity contribution is -0.141. The zero-order chi connectivity index (χ0) is 14.4. The van der Waals surface area contributed by atoms with Crippen LogP contribution in [0.25, 0.3) is 0 Å². The van der Waals surface area contributed by atoms with Crippen LogP contribution >= 0.6 is 11.8 Å². The van der Waals surface area contributed by atoms with Gasteiger partial charge in [-0.2, -0.15) is 11.8 Å². The van der Waals surface area contributed by atoms with Gasteiger partial charge in [-0.1, -0.05) is 19.3 Å². The number of nitrogens with one attached hydrogen (secondary N) is 1. The number of esters is 1. The summed E-state index contributed by atoms with van der Waals surface area (Å²) in [5, 5.41) is 3.13. The van der Waals surface area contributed by atoms with Crippen molar-refractivity contribution in [1.29, 1.82) is 0 Å². The van der Waals surface area contributed by atoms with Crippen molar-refractivity contribution in [3.63, 3.8) is 0 Å². The molecule has 1 N–H and O–H groups in total. The Morgan fingerprint density at radius 2 is 1.95 bits per heavy atom. The van der Waals surface area contributed by atoms with Crippen molar-refractivity contribution in [2.24, 2.45) is 5.41 Å². The van der Waals surface area contributed by atoms with Crippen LogP contribution in [0.15, 0.2) is 0 Å². The molecule has 0 atom stereocenters. The smallest absolute Gasteiger partial charge is 0.306 e. The Morgan fingerprint density at radius 1 is 1.25 bits per heavy atom. The monoisotopic (exact) mass is 299 g/mol. The van der Waals surface area contributed by atoms with Gasteiger partial charge in [0, 0.05) is 6.04 Å². The first-order chi connectivity index (χ1) is 9.63. The third kappa shape index (κ3) is 5.00. The summed E-state index contributed by atoms with van der Waals surface area (Å²) >= 11 is 1.65. The summed E-state index contributed by atoms with van der Waals surface area (Å²) in [5.74, 6) is 1.42. The minimum atomic E-state index is -0.130. The number of hydrogen-bond donors (Lipinski definition) is 1. The van der Waals surface area contributed by atoms with E-state index in [9.17, 15) is 9.59 Å². The Balaban J connectivity index is 1.60. The predicted octanol–water partition coefficient (Wildman–Crippen LogP) is 2.51. The van der Waals surface area contributed by atoms with Gasteiger partial charge in [-0.25, -0.2) is 0 Å². The number of ether oxygens (including phenoxy) is 1. The molecular weight excluding hydrogens is 274 g/mol. The molecule has 2 fully saturated rings. The highest BCUT2D eigenvalue weighted by Crippen LogP contribution is 2.51. The van der Waals surface area contributed by atoms with Gasteiger partial charge in [0.1, 0.15) is 0 Å². The molecule has 20 heavy (non-hydrogen) atoms. The van der Waals surface area contributed by atoms with Crippen LogP contribution in [0.4, 0.5) is 0 Å². The molecule has 1 amide bonds. The summed E-state index contributed by atoms with van der Waals surface area (Å²) in [6, 6.07) is 0.391. The third-order valence-corrected chi connectivity index (χ3v) is 5.60. The molecule has 0 aromatic heterocycles. The van der Waals surface area contributed by atoms with E-state index in [1.807, 2.05) is 0 Å². The summed E-state index contributed by atoms with van der Waals surface area (Å²) in [7, 11) is 1.43.